The van der Waals surface area contributed by atoms with Crippen LogP contribution in [0.25, 0.3) is 11.0 Å². The first-order valence-electron chi connectivity index (χ1n) is 9.79. The zero-order chi connectivity index (χ0) is 20.7. The molecule has 0 bridgehead atoms. The van der Waals surface area contributed by atoms with Crippen molar-refractivity contribution in [3.63, 3.8) is 0 Å². The molecule has 1 aromatic carbocycles. The van der Waals surface area contributed by atoms with Crippen molar-refractivity contribution in [1.82, 2.24) is 14.5 Å². The summed E-state index contributed by atoms with van der Waals surface area (Å²) in [7, 11) is 0. The molecule has 2 aliphatic rings. The number of anilines is 1. The van der Waals surface area contributed by atoms with Gasteiger partial charge in [0.1, 0.15) is 12.7 Å². The Hall–Kier alpha value is -2.33. The molecular weight excluding hydrogens is 387 g/mol. The van der Waals surface area contributed by atoms with Crippen molar-refractivity contribution in [1.29, 1.82) is 0 Å². The number of carbonyl (C=O) groups is 1. The normalized spacial score (nSPS) is 22.3. The van der Waals surface area contributed by atoms with E-state index in [2.05, 4.69) is 4.98 Å². The molecular formula is C19H24F3N5O2. The molecule has 2 fully saturated rings. The fraction of sp³-hybridized carbons (Fsp3) is 0.579. The van der Waals surface area contributed by atoms with Crippen molar-refractivity contribution in [2.45, 2.75) is 44.1 Å². The third-order valence-electron chi connectivity index (χ3n) is 5.57. The topological polar surface area (TPSA) is 87.6 Å². The highest BCUT2D eigenvalue weighted by molar-refractivity contribution is 5.84. The number of nitrogens with two attached hydrogens (primary N) is 1. The van der Waals surface area contributed by atoms with Crippen LogP contribution in [0.3, 0.4) is 0 Å². The van der Waals surface area contributed by atoms with Crippen molar-refractivity contribution >= 4 is 22.9 Å². The Morgan fingerprint density at radius 3 is 2.66 bits per heavy atom. The number of halogens is 3. The number of amides is 1. The summed E-state index contributed by atoms with van der Waals surface area (Å²) in [6.45, 7) is 0.441. The van der Waals surface area contributed by atoms with E-state index in [0.717, 1.165) is 25.0 Å². The maximum Gasteiger partial charge on any atom is 0.242 e. The molecule has 10 heteroatoms. The van der Waals surface area contributed by atoms with Gasteiger partial charge in [-0.2, -0.15) is 0 Å². The van der Waals surface area contributed by atoms with Gasteiger partial charge in [-0.3, -0.25) is 4.79 Å². The fourth-order valence-corrected chi connectivity index (χ4v) is 3.87. The molecule has 1 aromatic heterocycles. The highest BCUT2D eigenvalue weighted by Gasteiger charge is 2.34. The maximum atomic E-state index is 13.9. The van der Waals surface area contributed by atoms with Gasteiger partial charge in [0.2, 0.25) is 11.9 Å². The third kappa shape index (κ3) is 3.91. The zero-order valence-electron chi connectivity index (χ0n) is 15.9. The molecule has 1 aliphatic carbocycles. The van der Waals surface area contributed by atoms with Gasteiger partial charge in [0.15, 0.2) is 11.6 Å². The largest absolute Gasteiger partial charge is 0.395 e. The fourth-order valence-electron chi connectivity index (χ4n) is 3.87. The number of aromatic nitrogens is 2. The highest BCUT2D eigenvalue weighted by atomic mass is 19.2. The molecule has 1 amide bonds. The SMILES string of the molecule is N[C@@H]1CN(c2nc3cc(F)c(F)cc3n2CC(=O)N(CCO)C2CC2)CC[C@H]1F. The molecule has 1 saturated heterocycles. The van der Waals surface area contributed by atoms with E-state index >= 15 is 0 Å². The zero-order valence-corrected chi connectivity index (χ0v) is 15.9. The molecule has 7 nitrogen and oxygen atoms in total. The van der Waals surface area contributed by atoms with Crippen LogP contribution in [0.1, 0.15) is 19.3 Å². The minimum atomic E-state index is -1.13. The maximum absolute atomic E-state index is 13.9. The van der Waals surface area contributed by atoms with Crippen LogP contribution in [0.4, 0.5) is 19.1 Å². The summed E-state index contributed by atoms with van der Waals surface area (Å²) in [5.41, 5.74) is 6.35. The van der Waals surface area contributed by atoms with E-state index in [-0.39, 0.29) is 55.6 Å². The Kier molecular flexibility index (Phi) is 5.39. The van der Waals surface area contributed by atoms with E-state index < -0.39 is 23.8 Å². The molecule has 1 aliphatic heterocycles. The van der Waals surface area contributed by atoms with Crippen molar-refractivity contribution in [2.24, 2.45) is 5.73 Å². The van der Waals surface area contributed by atoms with Gasteiger partial charge in [0.25, 0.3) is 0 Å². The number of carbonyl (C=O) groups excluding carboxylic acids is 1. The summed E-state index contributed by atoms with van der Waals surface area (Å²) in [6, 6.07) is 1.39. The lowest BCUT2D eigenvalue weighted by Gasteiger charge is -2.34. The molecule has 1 saturated carbocycles. The number of imidazole rings is 1. The first-order valence-corrected chi connectivity index (χ1v) is 9.79. The molecule has 2 heterocycles. The average Bonchev–Trinajstić information content (AvgIpc) is 3.47. The molecule has 158 valence electrons. The van der Waals surface area contributed by atoms with E-state index in [1.54, 1.807) is 9.80 Å². The van der Waals surface area contributed by atoms with Crippen molar-refractivity contribution < 1.29 is 23.1 Å². The van der Waals surface area contributed by atoms with Crippen LogP contribution >= 0.6 is 0 Å². The van der Waals surface area contributed by atoms with Gasteiger partial charge in [0.05, 0.1) is 23.7 Å². The average molecular weight is 411 g/mol. The smallest absolute Gasteiger partial charge is 0.242 e. The van der Waals surface area contributed by atoms with E-state index in [4.69, 9.17) is 5.73 Å². The van der Waals surface area contributed by atoms with Crippen LogP contribution in [0.15, 0.2) is 12.1 Å². The standard InChI is InChI=1S/C19H24F3N5O2/c20-12-3-4-25(9-15(12)23)19-24-16-7-13(21)14(22)8-17(16)27(19)10-18(29)26(5-6-28)11-1-2-11/h7-8,11-12,15,28H,1-6,9-10,23H2/t12-,15-/m1/s1. The van der Waals surface area contributed by atoms with Crippen molar-refractivity contribution in [3.05, 3.63) is 23.8 Å². The Balaban J connectivity index is 1.71. The summed E-state index contributed by atoms with van der Waals surface area (Å²) in [6.07, 6.45) is 0.833. The van der Waals surface area contributed by atoms with Crippen LogP contribution in [0.5, 0.6) is 0 Å². The first kappa shape index (κ1) is 20.0. The number of piperidine rings is 1. The molecule has 0 unspecified atom stereocenters. The lowest BCUT2D eigenvalue weighted by Crippen LogP contribution is -2.50. The number of fused-ring (bicyclic) bond motifs is 1. The van der Waals surface area contributed by atoms with Crippen LogP contribution < -0.4 is 10.6 Å². The second kappa shape index (κ2) is 7.83. The molecule has 0 spiro atoms. The first-order chi connectivity index (χ1) is 13.9. The summed E-state index contributed by atoms with van der Waals surface area (Å²) >= 11 is 0. The van der Waals surface area contributed by atoms with Gasteiger partial charge >= 0.3 is 0 Å². The minimum absolute atomic E-state index is 0.0952. The van der Waals surface area contributed by atoms with Gasteiger partial charge < -0.3 is 25.2 Å². The van der Waals surface area contributed by atoms with Crippen LogP contribution in [0.2, 0.25) is 0 Å². The predicted molar refractivity (Wildman–Crippen MR) is 101 cm³/mol. The predicted octanol–water partition coefficient (Wildman–Crippen LogP) is 1.17. The molecule has 2 atom stereocenters. The number of nitrogens with zero attached hydrogens (tertiary/aromatic N) is 4. The lowest BCUT2D eigenvalue weighted by atomic mass is 10.1. The van der Waals surface area contributed by atoms with Crippen LogP contribution in [0, 0.1) is 11.6 Å². The van der Waals surface area contributed by atoms with E-state index in [1.165, 1.54) is 4.57 Å². The number of aliphatic hydroxyl groups is 1. The van der Waals surface area contributed by atoms with Gasteiger partial charge in [0, 0.05) is 37.8 Å². The lowest BCUT2D eigenvalue weighted by molar-refractivity contribution is -0.132. The summed E-state index contributed by atoms with van der Waals surface area (Å²) in [5.74, 6) is -1.97. The van der Waals surface area contributed by atoms with Gasteiger partial charge in [-0.1, -0.05) is 0 Å². The molecule has 3 N–H and O–H groups in total. The second-order valence-corrected chi connectivity index (χ2v) is 7.71. The van der Waals surface area contributed by atoms with E-state index in [9.17, 15) is 23.1 Å². The number of benzene rings is 1. The Bertz CT molecular complexity index is 917. The molecule has 2 aromatic rings. The minimum Gasteiger partial charge on any atom is -0.395 e. The van der Waals surface area contributed by atoms with Crippen molar-refractivity contribution in [3.8, 4) is 0 Å². The van der Waals surface area contributed by atoms with Crippen LogP contribution in [-0.2, 0) is 11.3 Å². The van der Waals surface area contributed by atoms with Gasteiger partial charge in [-0.05, 0) is 19.3 Å². The second-order valence-electron chi connectivity index (χ2n) is 7.71. The number of hydrogen-bond acceptors (Lipinski definition) is 5. The quantitative estimate of drug-likeness (QED) is 0.745. The number of alkyl halides is 1. The van der Waals surface area contributed by atoms with E-state index in [1.807, 2.05) is 0 Å². The van der Waals surface area contributed by atoms with Crippen molar-refractivity contribution in [2.75, 3.05) is 31.1 Å². The Morgan fingerprint density at radius 2 is 2.00 bits per heavy atom. The monoisotopic (exact) mass is 411 g/mol. The summed E-state index contributed by atoms with van der Waals surface area (Å²) in [4.78, 5) is 20.7. The molecule has 4 rings (SSSR count). The molecule has 0 radical (unpaired) electrons. The highest BCUT2D eigenvalue weighted by Crippen LogP contribution is 2.30. The number of rotatable bonds is 6. The van der Waals surface area contributed by atoms with Crippen LogP contribution in [-0.4, -0.2) is 70.0 Å². The van der Waals surface area contributed by atoms with E-state index in [0.29, 0.717) is 12.5 Å². The summed E-state index contributed by atoms with van der Waals surface area (Å²) < 4.78 is 43.0. The summed E-state index contributed by atoms with van der Waals surface area (Å²) in [5, 5.41) is 9.28. The van der Waals surface area contributed by atoms with Gasteiger partial charge in [-0.25, -0.2) is 18.2 Å². The Morgan fingerprint density at radius 1 is 1.28 bits per heavy atom. The number of hydrogen-bond donors (Lipinski definition) is 2. The van der Waals surface area contributed by atoms with Gasteiger partial charge in [-0.15, -0.1) is 0 Å². The molecule has 29 heavy (non-hydrogen) atoms. The number of aliphatic hydroxyl groups excluding tert-OH is 1. The third-order valence-corrected chi connectivity index (χ3v) is 5.57. The Labute approximate surface area is 165 Å².